The Labute approximate surface area is 373 Å². The number of allylic oxidation sites excluding steroid dienone is 1. The van der Waals surface area contributed by atoms with Crippen molar-refractivity contribution < 1.29 is 29.0 Å². The van der Waals surface area contributed by atoms with Crippen LogP contribution in [0, 0.1) is 50.7 Å². The van der Waals surface area contributed by atoms with Gasteiger partial charge in [-0.05, 0) is 155 Å². The van der Waals surface area contributed by atoms with Gasteiger partial charge in [0.2, 0.25) is 0 Å². The minimum atomic E-state index is -0.820. The van der Waals surface area contributed by atoms with Crippen molar-refractivity contribution in [3.63, 3.8) is 0 Å². The summed E-state index contributed by atoms with van der Waals surface area (Å²) in [4.78, 5) is 44.4. The lowest BCUT2D eigenvalue weighted by atomic mass is 9.32. The summed E-state index contributed by atoms with van der Waals surface area (Å²) < 4.78 is 13.2. The maximum atomic E-state index is 14.6. The summed E-state index contributed by atoms with van der Waals surface area (Å²) in [5.41, 5.74) is 1.96. The first-order valence-corrected chi connectivity index (χ1v) is 24.1. The second kappa shape index (κ2) is 17.9. The number of ketones is 1. The molecule has 342 valence electrons. The van der Waals surface area contributed by atoms with E-state index in [1.165, 1.54) is 12.5 Å². The Morgan fingerprint density at radius 3 is 2.33 bits per heavy atom. The molecule has 1 aromatic carbocycles. The number of aliphatic carboxylic acids is 1. The minimum absolute atomic E-state index is 0.0203. The molecule has 9 nitrogen and oxygen atoms in total. The molecule has 5 aliphatic carbocycles. The molecular formula is C51H80ClN3O6. The summed E-state index contributed by atoms with van der Waals surface area (Å²) >= 11 is 6.48. The molecule has 0 spiro atoms. The number of esters is 1. The van der Waals surface area contributed by atoms with E-state index in [-0.39, 0.29) is 57.4 Å². The van der Waals surface area contributed by atoms with Gasteiger partial charge in [-0.2, -0.15) is 0 Å². The van der Waals surface area contributed by atoms with E-state index >= 15 is 0 Å². The summed E-state index contributed by atoms with van der Waals surface area (Å²) in [6.07, 6.45) is 8.60. The normalized spacial score (nSPS) is 35.5. The van der Waals surface area contributed by atoms with Gasteiger partial charge in [-0.3, -0.25) is 19.3 Å². The lowest BCUT2D eigenvalue weighted by Crippen LogP contribution is -2.75. The Kier molecular flexibility index (Phi) is 14.2. The molecule has 4 fully saturated rings. The smallest absolute Gasteiger partial charge is 0.309 e. The van der Waals surface area contributed by atoms with Crippen molar-refractivity contribution in [1.29, 1.82) is 0 Å². The molecule has 5 aliphatic rings. The average Bonchev–Trinajstić information content (AvgIpc) is 3.48. The summed E-state index contributed by atoms with van der Waals surface area (Å²) in [6.45, 7) is 26.1. The van der Waals surface area contributed by atoms with Gasteiger partial charge in [0.1, 0.15) is 6.10 Å². The highest BCUT2D eigenvalue weighted by Crippen LogP contribution is 2.77. The van der Waals surface area contributed by atoms with E-state index in [4.69, 9.17) is 21.1 Å². The van der Waals surface area contributed by atoms with Gasteiger partial charge in [0.25, 0.3) is 0 Å². The number of fused-ring (bicyclic) bond motifs is 7. The van der Waals surface area contributed by atoms with Crippen molar-refractivity contribution in [1.82, 2.24) is 15.1 Å². The number of Topliss-reactive ketones (excluding diaryl/α,β-unsaturated/α-hetero) is 1. The van der Waals surface area contributed by atoms with Gasteiger partial charge in [0.15, 0.2) is 5.78 Å². The lowest BCUT2D eigenvalue weighted by molar-refractivity contribution is -0.234. The molecule has 4 saturated carbocycles. The van der Waals surface area contributed by atoms with Gasteiger partial charge >= 0.3 is 11.9 Å². The monoisotopic (exact) mass is 866 g/mol. The van der Waals surface area contributed by atoms with Crippen LogP contribution in [-0.2, 0) is 30.4 Å². The fourth-order valence-corrected chi connectivity index (χ4v) is 14.6. The molecule has 2 N–H and O–H groups in total. The Morgan fingerprint density at radius 2 is 1.70 bits per heavy atom. The summed E-state index contributed by atoms with van der Waals surface area (Å²) in [7, 11) is 4.17. The zero-order valence-electron chi connectivity index (χ0n) is 39.8. The Balaban J connectivity index is 1.36. The van der Waals surface area contributed by atoms with E-state index in [0.29, 0.717) is 43.5 Å². The number of benzene rings is 1. The average molecular weight is 867 g/mol. The number of hydrogen-bond acceptors (Lipinski definition) is 8. The number of carbonyl (C=O) groups excluding carboxylic acids is 2. The molecular weight excluding hydrogens is 786 g/mol. The molecule has 6 rings (SSSR count). The van der Waals surface area contributed by atoms with E-state index in [2.05, 4.69) is 83.7 Å². The first-order chi connectivity index (χ1) is 28.5. The number of rotatable bonds is 17. The fourth-order valence-electron chi connectivity index (χ4n) is 14.4. The molecule has 0 heterocycles. The van der Waals surface area contributed by atoms with Crippen molar-refractivity contribution in [2.24, 2.45) is 50.7 Å². The van der Waals surface area contributed by atoms with E-state index < -0.39 is 22.9 Å². The van der Waals surface area contributed by atoms with Crippen molar-refractivity contribution >= 4 is 29.3 Å². The number of hydrogen-bond donors (Lipinski definition) is 2. The van der Waals surface area contributed by atoms with Gasteiger partial charge in [0, 0.05) is 68.0 Å². The number of likely N-dealkylation sites (N-methyl/N-ethyl adjacent to an activating group) is 1. The van der Waals surface area contributed by atoms with Crippen LogP contribution in [-0.4, -0.2) is 97.3 Å². The van der Waals surface area contributed by atoms with Crippen LogP contribution in [0.1, 0.15) is 139 Å². The summed E-state index contributed by atoms with van der Waals surface area (Å²) in [5.74, 6) is 0.210. The van der Waals surface area contributed by atoms with Gasteiger partial charge in [0.05, 0.1) is 11.5 Å². The van der Waals surface area contributed by atoms with E-state index in [0.717, 1.165) is 82.1 Å². The van der Waals surface area contributed by atoms with E-state index in [1.807, 2.05) is 18.2 Å². The van der Waals surface area contributed by atoms with Gasteiger partial charge in [-0.15, -0.1) is 0 Å². The second-order valence-corrected chi connectivity index (χ2v) is 22.6. The predicted octanol–water partition coefficient (Wildman–Crippen LogP) is 9.84. The summed E-state index contributed by atoms with van der Waals surface area (Å²) in [6, 6.07) is 8.03. The fraction of sp³-hybridized carbons (Fsp3) is 0.784. The first-order valence-electron chi connectivity index (χ1n) is 23.7. The van der Waals surface area contributed by atoms with Crippen LogP contribution in [0.5, 0.6) is 0 Å². The predicted molar refractivity (Wildman–Crippen MR) is 244 cm³/mol. The minimum Gasteiger partial charge on any atom is -0.481 e. The molecule has 10 heteroatoms. The van der Waals surface area contributed by atoms with Crippen molar-refractivity contribution in [3.05, 3.63) is 46.0 Å². The van der Waals surface area contributed by atoms with Crippen LogP contribution in [0.15, 0.2) is 35.4 Å². The maximum Gasteiger partial charge on any atom is 0.309 e. The van der Waals surface area contributed by atoms with Crippen LogP contribution < -0.4 is 5.32 Å². The highest BCUT2D eigenvalue weighted by Gasteiger charge is 2.73. The second-order valence-electron chi connectivity index (χ2n) is 22.1. The zero-order valence-corrected chi connectivity index (χ0v) is 40.6. The number of halogens is 1. The Hall–Kier alpha value is -2.30. The van der Waals surface area contributed by atoms with Gasteiger partial charge < -0.3 is 24.8 Å². The highest BCUT2D eigenvalue weighted by atomic mass is 35.5. The first kappa shape index (κ1) is 48.2. The zero-order chi connectivity index (χ0) is 44.9. The molecule has 0 saturated heterocycles. The van der Waals surface area contributed by atoms with Gasteiger partial charge in [-0.25, -0.2) is 0 Å². The SMILES string of the molecule is CCNC12CCC3(C)C(CCC4C5=C(C(C)C)C(=O)CC5(C(CN(CCN(C)C)Cc5cccc(Cl)c5)OC(C)=O)CCC43C)C1(C)CCC(OCCC(C)(C)C(=O)O)C2C. The molecule has 1 aromatic rings. The molecule has 0 aromatic heterocycles. The maximum absolute atomic E-state index is 14.6. The van der Waals surface area contributed by atoms with E-state index in [1.54, 1.807) is 13.8 Å². The van der Waals surface area contributed by atoms with Crippen molar-refractivity contribution in [2.75, 3.05) is 46.9 Å². The number of carboxylic acids is 1. The molecule has 0 aliphatic heterocycles. The van der Waals surface area contributed by atoms with Crippen LogP contribution in [0.25, 0.3) is 0 Å². The van der Waals surface area contributed by atoms with Crippen LogP contribution in [0.2, 0.25) is 5.02 Å². The number of nitrogens with zero attached hydrogens (tertiary/aromatic N) is 2. The van der Waals surface area contributed by atoms with Crippen molar-refractivity contribution in [3.8, 4) is 0 Å². The number of ether oxygens (including phenoxy) is 2. The van der Waals surface area contributed by atoms with Gasteiger partial charge in [-0.1, -0.05) is 72.2 Å². The van der Waals surface area contributed by atoms with Crippen LogP contribution >= 0.6 is 11.6 Å². The van der Waals surface area contributed by atoms with Crippen molar-refractivity contribution in [2.45, 2.75) is 158 Å². The number of carboxylic acid groups (broad SMARTS) is 1. The van der Waals surface area contributed by atoms with Crippen LogP contribution in [0.3, 0.4) is 0 Å². The molecule has 61 heavy (non-hydrogen) atoms. The standard InChI is InChI=1S/C51H80ClN3O6/c1-13-53-51-24-22-48(9)41(49(51,10)20-19-40(34(51)4)60-28-25-46(6,7)45(58)59)18-17-38-44-43(33(2)3)39(57)30-50(44,23-21-47(38,48)8)42(61-35(5)56)32-55(27-26-54(11)12)31-36-15-14-16-37(52)29-36/h14-16,29,33-34,38,40-42,53H,13,17-28,30-32H2,1-12H3,(H,58,59). The van der Waals surface area contributed by atoms with E-state index in [9.17, 15) is 19.5 Å². The topological polar surface area (TPSA) is 108 Å². The molecule has 0 bridgehead atoms. The molecule has 10 atom stereocenters. The van der Waals surface area contributed by atoms with Crippen LogP contribution in [0.4, 0.5) is 0 Å². The largest absolute Gasteiger partial charge is 0.481 e. The lowest BCUT2D eigenvalue weighted by Gasteiger charge is -2.74. The quantitative estimate of drug-likeness (QED) is 0.148. The Morgan fingerprint density at radius 1 is 1.00 bits per heavy atom. The molecule has 0 amide bonds. The molecule has 10 unspecified atom stereocenters. The summed E-state index contributed by atoms with van der Waals surface area (Å²) in [5, 5.41) is 14.6. The molecule has 0 radical (unpaired) electrons. The highest BCUT2D eigenvalue weighted by molar-refractivity contribution is 6.30. The third-order valence-corrected chi connectivity index (χ3v) is 18.2. The number of carbonyl (C=O) groups is 3. The Bertz CT molecular complexity index is 1830. The third-order valence-electron chi connectivity index (χ3n) is 18.0. The third kappa shape index (κ3) is 8.43. The number of nitrogens with one attached hydrogen (secondary N) is 1.